The van der Waals surface area contributed by atoms with E-state index < -0.39 is 0 Å². The van der Waals surface area contributed by atoms with Gasteiger partial charge >= 0.3 is 0 Å². The molecule has 3 aromatic carbocycles. The van der Waals surface area contributed by atoms with Gasteiger partial charge in [-0.15, -0.1) is 0 Å². The van der Waals surface area contributed by atoms with E-state index >= 15 is 0 Å². The fourth-order valence-corrected chi connectivity index (χ4v) is 4.31. The highest BCUT2D eigenvalue weighted by atomic mass is 32.1. The van der Waals surface area contributed by atoms with Crippen molar-refractivity contribution in [2.45, 2.75) is 0 Å². The van der Waals surface area contributed by atoms with E-state index in [0.717, 1.165) is 61.0 Å². The van der Waals surface area contributed by atoms with Crippen molar-refractivity contribution in [1.29, 1.82) is 0 Å². The smallest absolute Gasteiger partial charge is 0.175 e. The average Bonchev–Trinajstić information content (AvgIpc) is 2.88. The minimum absolute atomic E-state index is 0.462. The molecule has 3 aromatic heterocycles. The molecule has 0 saturated carbocycles. The Kier molecular flexibility index (Phi) is 4.85. The molecule has 0 spiro atoms. The summed E-state index contributed by atoms with van der Waals surface area (Å²) in [7, 11) is 1.63. The van der Waals surface area contributed by atoms with E-state index in [1.807, 2.05) is 66.7 Å². The molecule has 0 unspecified atom stereocenters. The molecule has 6 rings (SSSR count). The van der Waals surface area contributed by atoms with Gasteiger partial charge in [-0.25, -0.2) is 9.97 Å². The van der Waals surface area contributed by atoms with Crippen molar-refractivity contribution in [2.24, 2.45) is 0 Å². The van der Waals surface area contributed by atoms with Crippen molar-refractivity contribution in [1.82, 2.24) is 19.9 Å². The highest BCUT2D eigenvalue weighted by Gasteiger charge is 2.14. The van der Waals surface area contributed by atoms with E-state index in [9.17, 15) is 0 Å². The number of aromatic nitrogens is 4. The zero-order chi connectivity index (χ0) is 23.1. The minimum Gasteiger partial charge on any atom is -0.497 e. The lowest BCUT2D eigenvalue weighted by Crippen LogP contribution is -2.19. The Hall–Kier alpha value is -4.43. The Labute approximate surface area is 199 Å². The van der Waals surface area contributed by atoms with Crippen LogP contribution in [0.5, 0.6) is 5.75 Å². The molecule has 7 nitrogen and oxygen atoms in total. The van der Waals surface area contributed by atoms with Gasteiger partial charge in [0.15, 0.2) is 5.11 Å². The first kappa shape index (κ1) is 20.2. The average molecular weight is 463 g/mol. The Morgan fingerprint density at radius 2 is 1.35 bits per heavy atom. The fourth-order valence-electron chi connectivity index (χ4n) is 4.08. The van der Waals surface area contributed by atoms with Gasteiger partial charge in [-0.2, -0.15) is 0 Å². The second-order valence-electron chi connectivity index (χ2n) is 7.73. The van der Waals surface area contributed by atoms with Crippen LogP contribution < -0.4 is 15.4 Å². The lowest BCUT2D eigenvalue weighted by molar-refractivity contribution is 0.415. The largest absolute Gasteiger partial charge is 0.497 e. The van der Waals surface area contributed by atoms with Crippen LogP contribution in [0.3, 0.4) is 0 Å². The van der Waals surface area contributed by atoms with Crippen molar-refractivity contribution >= 4 is 72.6 Å². The number of methoxy groups -OCH3 is 1. The third-order valence-corrected chi connectivity index (χ3v) is 5.81. The van der Waals surface area contributed by atoms with Gasteiger partial charge in [0.1, 0.15) is 16.8 Å². The minimum atomic E-state index is 0.462. The van der Waals surface area contributed by atoms with E-state index in [2.05, 4.69) is 20.6 Å². The number of nitrogens with zero attached hydrogens (tertiary/aromatic N) is 4. The number of hydrogen-bond acceptors (Lipinski definition) is 6. The summed E-state index contributed by atoms with van der Waals surface area (Å²) in [6, 6.07) is 21.3. The second-order valence-corrected chi connectivity index (χ2v) is 8.14. The topological polar surface area (TPSA) is 84.9 Å². The molecule has 2 N–H and O–H groups in total. The molecule has 3 heterocycles. The summed E-state index contributed by atoms with van der Waals surface area (Å²) in [4.78, 5) is 19.1. The number of pyridine rings is 2. The first-order valence-electron chi connectivity index (χ1n) is 10.6. The van der Waals surface area contributed by atoms with Crippen molar-refractivity contribution in [3.8, 4) is 5.75 Å². The number of nitrogens with one attached hydrogen (secondary N) is 2. The molecule has 0 bridgehead atoms. The molecule has 6 aromatic rings. The van der Waals surface area contributed by atoms with Gasteiger partial charge in [0.2, 0.25) is 0 Å². The Morgan fingerprint density at radius 1 is 0.706 bits per heavy atom. The second kappa shape index (κ2) is 8.17. The standard InChI is InChI=1S/C26H18N6OS/c1-33-17-6-2-5-15(13-17)29-26(34)30-16-9-10-20-21(14-16)32-25-23-19(8-4-12-28-23)18-7-3-11-27-22(18)24(25)31-20/h2-14H,1H3,(H2,29,30,34). The van der Waals surface area contributed by atoms with Gasteiger partial charge in [-0.05, 0) is 54.7 Å². The Morgan fingerprint density at radius 3 is 2.03 bits per heavy atom. The first-order valence-corrected chi connectivity index (χ1v) is 11.1. The highest BCUT2D eigenvalue weighted by molar-refractivity contribution is 7.80. The van der Waals surface area contributed by atoms with Gasteiger partial charge in [-0.1, -0.05) is 18.2 Å². The maximum atomic E-state index is 5.50. The van der Waals surface area contributed by atoms with Crippen LogP contribution in [0.15, 0.2) is 79.1 Å². The van der Waals surface area contributed by atoms with Crippen LogP contribution in [0.1, 0.15) is 0 Å². The third-order valence-electron chi connectivity index (χ3n) is 5.60. The third kappa shape index (κ3) is 3.50. The highest BCUT2D eigenvalue weighted by Crippen LogP contribution is 2.32. The first-order chi connectivity index (χ1) is 16.7. The Bertz CT molecular complexity index is 1740. The molecule has 0 fully saturated rings. The number of fused-ring (bicyclic) bond motifs is 7. The zero-order valence-electron chi connectivity index (χ0n) is 18.1. The van der Waals surface area contributed by atoms with E-state index in [1.165, 1.54) is 0 Å². The normalized spacial score (nSPS) is 11.2. The zero-order valence-corrected chi connectivity index (χ0v) is 18.9. The molecule has 0 aliphatic carbocycles. The van der Waals surface area contributed by atoms with Crippen LogP contribution >= 0.6 is 12.2 Å². The summed E-state index contributed by atoms with van der Waals surface area (Å²) in [5, 5.41) is 8.87. The van der Waals surface area contributed by atoms with Crippen LogP contribution in [-0.4, -0.2) is 32.2 Å². The van der Waals surface area contributed by atoms with Gasteiger partial charge in [0, 0.05) is 40.6 Å². The molecule has 0 amide bonds. The maximum Gasteiger partial charge on any atom is 0.175 e. The predicted molar refractivity (Wildman–Crippen MR) is 140 cm³/mol. The van der Waals surface area contributed by atoms with Crippen molar-refractivity contribution in [3.05, 3.63) is 79.1 Å². The van der Waals surface area contributed by atoms with E-state index in [1.54, 1.807) is 19.5 Å². The number of anilines is 2. The van der Waals surface area contributed by atoms with Crippen LogP contribution in [0, 0.1) is 0 Å². The van der Waals surface area contributed by atoms with E-state index in [-0.39, 0.29) is 0 Å². The van der Waals surface area contributed by atoms with Gasteiger partial charge in [0.05, 0.1) is 29.2 Å². The van der Waals surface area contributed by atoms with Gasteiger partial charge in [-0.3, -0.25) is 9.97 Å². The lowest BCUT2D eigenvalue weighted by Gasteiger charge is -2.12. The molecule has 0 saturated heterocycles. The lowest BCUT2D eigenvalue weighted by atomic mass is 10.1. The Balaban J connectivity index is 1.41. The van der Waals surface area contributed by atoms with Crippen LogP contribution in [0.2, 0.25) is 0 Å². The van der Waals surface area contributed by atoms with Gasteiger partial charge < -0.3 is 15.4 Å². The summed E-state index contributed by atoms with van der Waals surface area (Å²) in [6.45, 7) is 0. The number of rotatable bonds is 3. The summed E-state index contributed by atoms with van der Waals surface area (Å²) in [5.41, 5.74) is 6.24. The van der Waals surface area contributed by atoms with Gasteiger partial charge in [0.25, 0.3) is 0 Å². The number of ether oxygens (including phenoxy) is 1. The molecule has 0 atom stereocenters. The predicted octanol–water partition coefficient (Wildman–Crippen LogP) is 5.70. The molecular formula is C26H18N6OS. The molecule has 8 heteroatoms. The van der Waals surface area contributed by atoms with Crippen LogP contribution in [0.4, 0.5) is 11.4 Å². The van der Waals surface area contributed by atoms with Crippen molar-refractivity contribution in [2.75, 3.05) is 17.7 Å². The summed E-state index contributed by atoms with van der Waals surface area (Å²) < 4.78 is 5.27. The summed E-state index contributed by atoms with van der Waals surface area (Å²) >= 11 is 5.50. The fraction of sp³-hybridized carbons (Fsp3) is 0.0385. The summed E-state index contributed by atoms with van der Waals surface area (Å²) in [5.74, 6) is 0.753. The summed E-state index contributed by atoms with van der Waals surface area (Å²) in [6.07, 6.45) is 3.55. The van der Waals surface area contributed by atoms with Crippen molar-refractivity contribution < 1.29 is 4.74 Å². The maximum absolute atomic E-state index is 5.50. The number of benzene rings is 3. The molecule has 164 valence electrons. The van der Waals surface area contributed by atoms with E-state index in [0.29, 0.717) is 5.11 Å². The molecule has 0 aliphatic rings. The monoisotopic (exact) mass is 462 g/mol. The van der Waals surface area contributed by atoms with Crippen LogP contribution in [0.25, 0.3) is 43.9 Å². The van der Waals surface area contributed by atoms with E-state index in [4.69, 9.17) is 26.9 Å². The number of thiocarbonyl (C=S) groups is 1. The molecule has 0 radical (unpaired) electrons. The number of hydrogen-bond donors (Lipinski definition) is 2. The molecular weight excluding hydrogens is 444 g/mol. The quantitative estimate of drug-likeness (QED) is 0.197. The SMILES string of the molecule is COc1cccc(NC(=S)Nc2ccc3nc4c5ncccc5c5cccnc5c4nc3c2)c1. The molecule has 0 aliphatic heterocycles. The van der Waals surface area contributed by atoms with Crippen LogP contribution in [-0.2, 0) is 0 Å². The van der Waals surface area contributed by atoms with Crippen molar-refractivity contribution in [3.63, 3.8) is 0 Å². The molecule has 34 heavy (non-hydrogen) atoms.